The minimum absolute atomic E-state index is 0.110. The van der Waals surface area contributed by atoms with E-state index in [1.54, 1.807) is 23.1 Å². The van der Waals surface area contributed by atoms with E-state index >= 15 is 0 Å². The number of fused-ring (bicyclic) bond motifs is 1. The lowest BCUT2D eigenvalue weighted by molar-refractivity contribution is -0.139. The molecule has 3 rings (SSSR count). The highest BCUT2D eigenvalue weighted by Gasteiger charge is 2.20. The summed E-state index contributed by atoms with van der Waals surface area (Å²) in [7, 11) is 0. The van der Waals surface area contributed by atoms with Gasteiger partial charge in [-0.05, 0) is 40.1 Å². The second-order valence-electron chi connectivity index (χ2n) is 6.20. The van der Waals surface area contributed by atoms with E-state index in [-0.39, 0.29) is 6.61 Å². The van der Waals surface area contributed by atoms with Crippen LogP contribution < -0.4 is 5.32 Å². The van der Waals surface area contributed by atoms with Crippen molar-refractivity contribution in [1.82, 2.24) is 5.32 Å². The smallest absolute Gasteiger partial charge is 0.408 e. The first-order valence-electron chi connectivity index (χ1n) is 8.86. The number of nitrogens with one attached hydrogen (secondary N) is 1. The van der Waals surface area contributed by atoms with Crippen LogP contribution in [0.1, 0.15) is 17.5 Å². The van der Waals surface area contributed by atoms with Gasteiger partial charge in [0.25, 0.3) is 0 Å². The molecule has 0 aliphatic carbocycles. The predicted octanol–water partition coefficient (Wildman–Crippen LogP) is 4.90. The van der Waals surface area contributed by atoms with Gasteiger partial charge in [-0.3, -0.25) is 0 Å². The van der Waals surface area contributed by atoms with Crippen LogP contribution in [0.5, 0.6) is 0 Å². The van der Waals surface area contributed by atoms with Gasteiger partial charge in [0.05, 0.1) is 0 Å². The van der Waals surface area contributed by atoms with E-state index in [0.29, 0.717) is 12.2 Å². The van der Waals surface area contributed by atoms with Crippen molar-refractivity contribution in [1.29, 1.82) is 0 Å². The monoisotopic (exact) mass is 415 g/mol. The summed E-state index contributed by atoms with van der Waals surface area (Å²) in [6.45, 7) is 0.110. The van der Waals surface area contributed by atoms with Gasteiger partial charge in [0.1, 0.15) is 12.6 Å². The van der Waals surface area contributed by atoms with Crippen molar-refractivity contribution in [3.05, 3.63) is 71.1 Å². The van der Waals surface area contributed by atoms with Crippen LogP contribution in [0, 0.1) is 0 Å². The molecule has 0 bridgehead atoms. The Bertz CT molecular complexity index is 926. The maximum absolute atomic E-state index is 11.9. The van der Waals surface area contributed by atoms with Gasteiger partial charge in [-0.15, -0.1) is 11.3 Å². The maximum Gasteiger partial charge on any atom is 0.408 e. The zero-order valence-electron chi connectivity index (χ0n) is 15.2. The molecule has 1 unspecified atom stereocenters. The van der Waals surface area contributed by atoms with Crippen molar-refractivity contribution in [2.75, 3.05) is 5.75 Å². The normalized spacial score (nSPS) is 11.9. The second kappa shape index (κ2) is 10.1. The van der Waals surface area contributed by atoms with Crippen LogP contribution in [0.15, 0.2) is 60.0 Å². The number of ether oxygens (including phenoxy) is 1. The number of aliphatic carboxylic acids is 1. The first-order chi connectivity index (χ1) is 13.6. The Balaban J connectivity index is 1.43. The first-order valence-corrected chi connectivity index (χ1v) is 10.9. The number of hydrogen-bond donors (Lipinski definition) is 2. The van der Waals surface area contributed by atoms with Crippen molar-refractivity contribution in [2.45, 2.75) is 24.8 Å². The van der Waals surface area contributed by atoms with Gasteiger partial charge in [0, 0.05) is 10.5 Å². The summed E-state index contributed by atoms with van der Waals surface area (Å²) in [6, 6.07) is 16.5. The molecule has 2 aromatic carbocycles. The minimum atomic E-state index is -1.06. The summed E-state index contributed by atoms with van der Waals surface area (Å²) in [6.07, 6.45) is -0.382. The van der Waals surface area contributed by atoms with Gasteiger partial charge >= 0.3 is 12.1 Å². The lowest BCUT2D eigenvalue weighted by Gasteiger charge is -2.14. The van der Waals surface area contributed by atoms with E-state index in [4.69, 9.17) is 4.74 Å². The largest absolute Gasteiger partial charge is 0.480 e. The van der Waals surface area contributed by atoms with Crippen molar-refractivity contribution in [2.24, 2.45) is 0 Å². The Labute approximate surface area is 171 Å². The molecule has 2 N–H and O–H groups in total. The highest BCUT2D eigenvalue weighted by atomic mass is 32.2. The molecule has 28 heavy (non-hydrogen) atoms. The Morgan fingerprint density at radius 3 is 2.64 bits per heavy atom. The summed E-state index contributed by atoms with van der Waals surface area (Å²) in [4.78, 5) is 23.3. The molecule has 1 atom stereocenters. The number of amides is 1. The number of alkyl carbamates (subject to hydrolysis) is 1. The number of thioether (sulfide) groups is 1. The average Bonchev–Trinajstić information content (AvgIpc) is 3.12. The molecular formula is C21H21NO4S2. The summed E-state index contributed by atoms with van der Waals surface area (Å²) >= 11 is 3.37. The first kappa shape index (κ1) is 20.2. The van der Waals surface area contributed by atoms with Crippen molar-refractivity contribution < 1.29 is 19.4 Å². The lowest BCUT2D eigenvalue weighted by atomic mass is 10.2. The molecule has 0 aliphatic heterocycles. The summed E-state index contributed by atoms with van der Waals surface area (Å²) in [5.74, 6) is 0.382. The van der Waals surface area contributed by atoms with Gasteiger partial charge in [0.15, 0.2) is 0 Å². The third kappa shape index (κ3) is 5.74. The number of rotatable bonds is 9. The number of carboxylic acids is 1. The molecule has 0 fully saturated rings. The van der Waals surface area contributed by atoms with Crippen LogP contribution in [0.4, 0.5) is 4.79 Å². The van der Waals surface area contributed by atoms with Crippen LogP contribution in [0.2, 0.25) is 0 Å². The fourth-order valence-electron chi connectivity index (χ4n) is 2.69. The molecule has 0 saturated carbocycles. The van der Waals surface area contributed by atoms with Gasteiger partial charge in [-0.2, -0.15) is 11.8 Å². The maximum atomic E-state index is 11.9. The number of benzene rings is 2. The molecule has 1 heterocycles. The Kier molecular flexibility index (Phi) is 7.33. The van der Waals surface area contributed by atoms with E-state index in [1.165, 1.54) is 15.6 Å². The SMILES string of the molecule is O=C(NC(CCSCc1csc2ccccc12)C(=O)O)OCc1ccccc1. The molecular weight excluding hydrogens is 394 g/mol. The molecule has 5 nitrogen and oxygen atoms in total. The lowest BCUT2D eigenvalue weighted by Crippen LogP contribution is -2.41. The van der Waals surface area contributed by atoms with E-state index in [2.05, 4.69) is 22.8 Å². The fourth-order valence-corrected chi connectivity index (χ4v) is 4.77. The Hall–Kier alpha value is -2.51. The molecule has 7 heteroatoms. The molecule has 0 radical (unpaired) electrons. The predicted molar refractivity (Wildman–Crippen MR) is 114 cm³/mol. The molecule has 146 valence electrons. The molecule has 0 saturated heterocycles. The van der Waals surface area contributed by atoms with Gasteiger partial charge in [-0.1, -0.05) is 48.5 Å². The number of carboxylic acid groups (broad SMARTS) is 1. The summed E-state index contributed by atoms with van der Waals surface area (Å²) in [5.41, 5.74) is 2.11. The molecule has 1 aromatic heterocycles. The van der Waals surface area contributed by atoms with Crippen molar-refractivity contribution >= 4 is 45.2 Å². The van der Waals surface area contributed by atoms with Crippen molar-refractivity contribution in [3.63, 3.8) is 0 Å². The van der Waals surface area contributed by atoms with E-state index in [9.17, 15) is 14.7 Å². The van der Waals surface area contributed by atoms with Crippen LogP contribution >= 0.6 is 23.1 Å². The fraction of sp³-hybridized carbons (Fsp3) is 0.238. The number of hydrogen-bond acceptors (Lipinski definition) is 5. The Morgan fingerprint density at radius 1 is 1.11 bits per heavy atom. The van der Waals surface area contributed by atoms with Crippen LogP contribution in [-0.2, 0) is 21.9 Å². The molecule has 1 amide bonds. The zero-order chi connectivity index (χ0) is 19.8. The molecule has 0 aliphatic rings. The Morgan fingerprint density at radius 2 is 1.86 bits per heavy atom. The number of carbonyl (C=O) groups is 2. The van der Waals surface area contributed by atoms with Crippen LogP contribution in [0.25, 0.3) is 10.1 Å². The van der Waals surface area contributed by atoms with E-state index in [0.717, 1.165) is 11.3 Å². The highest BCUT2D eigenvalue weighted by Crippen LogP contribution is 2.28. The number of thiophene rings is 1. The molecule has 3 aromatic rings. The zero-order valence-corrected chi connectivity index (χ0v) is 16.8. The van der Waals surface area contributed by atoms with Crippen LogP contribution in [0.3, 0.4) is 0 Å². The second-order valence-corrected chi connectivity index (χ2v) is 8.21. The van der Waals surface area contributed by atoms with Crippen LogP contribution in [-0.4, -0.2) is 29.0 Å². The van der Waals surface area contributed by atoms with Gasteiger partial charge < -0.3 is 15.2 Å². The third-order valence-corrected chi connectivity index (χ3v) is 6.22. The topological polar surface area (TPSA) is 75.6 Å². The van der Waals surface area contributed by atoms with Gasteiger partial charge in [-0.25, -0.2) is 9.59 Å². The highest BCUT2D eigenvalue weighted by molar-refractivity contribution is 7.98. The molecule has 0 spiro atoms. The number of carbonyl (C=O) groups excluding carboxylic acids is 1. The summed E-state index contributed by atoms with van der Waals surface area (Å²) in [5, 5.41) is 15.2. The van der Waals surface area contributed by atoms with E-state index in [1.807, 2.05) is 42.5 Å². The average molecular weight is 416 g/mol. The van der Waals surface area contributed by atoms with Crippen molar-refractivity contribution in [3.8, 4) is 0 Å². The third-order valence-electron chi connectivity index (χ3n) is 4.17. The quantitative estimate of drug-likeness (QED) is 0.486. The summed E-state index contributed by atoms with van der Waals surface area (Å²) < 4.78 is 6.36. The van der Waals surface area contributed by atoms with E-state index < -0.39 is 18.1 Å². The minimum Gasteiger partial charge on any atom is -0.480 e. The standard InChI is InChI=1S/C21H21NO4S2/c23-20(24)18(22-21(25)26-12-15-6-2-1-3-7-15)10-11-27-13-16-14-28-19-9-5-4-8-17(16)19/h1-9,14,18H,10-13H2,(H,22,25)(H,23,24). The van der Waals surface area contributed by atoms with Gasteiger partial charge in [0.2, 0.25) is 0 Å².